The highest BCUT2D eigenvalue weighted by Crippen LogP contribution is 2.55. The van der Waals surface area contributed by atoms with Gasteiger partial charge in [-0.2, -0.15) is 0 Å². The molecule has 0 saturated carbocycles. The molecule has 1 fully saturated rings. The van der Waals surface area contributed by atoms with Crippen LogP contribution in [0.2, 0.25) is 0 Å². The predicted molar refractivity (Wildman–Crippen MR) is 135 cm³/mol. The van der Waals surface area contributed by atoms with Crippen molar-refractivity contribution in [2.45, 2.75) is 32.3 Å². The summed E-state index contributed by atoms with van der Waals surface area (Å²) in [5.74, 6) is -2.51. The predicted octanol–water partition coefficient (Wildman–Crippen LogP) is 4.05. The summed E-state index contributed by atoms with van der Waals surface area (Å²) in [6.45, 7) is 5.06. The van der Waals surface area contributed by atoms with Crippen LogP contribution >= 0.6 is 0 Å². The van der Waals surface area contributed by atoms with Crippen LogP contribution in [0.4, 0.5) is 5.69 Å². The second kappa shape index (κ2) is 8.49. The molecule has 0 bridgehead atoms. The number of anilines is 1. The Bertz CT molecular complexity index is 1480. The highest BCUT2D eigenvalue weighted by Gasteiger charge is 2.57. The largest absolute Gasteiger partial charge is 0.463 e. The van der Waals surface area contributed by atoms with E-state index in [4.69, 9.17) is 4.42 Å². The quantitative estimate of drug-likeness (QED) is 0.390. The highest BCUT2D eigenvalue weighted by molar-refractivity contribution is 6.25. The van der Waals surface area contributed by atoms with Crippen LogP contribution in [0.15, 0.2) is 81.8 Å². The molecule has 4 unspecified atom stereocenters. The molecular formula is C30H25NO6. The molecule has 6 rings (SSSR count). The van der Waals surface area contributed by atoms with Gasteiger partial charge >= 0.3 is 0 Å². The average Bonchev–Trinajstić information content (AvgIpc) is 3.48. The molecule has 1 aliphatic heterocycles. The van der Waals surface area contributed by atoms with Crippen molar-refractivity contribution in [1.29, 1.82) is 0 Å². The van der Waals surface area contributed by atoms with Crippen molar-refractivity contribution in [3.05, 3.63) is 94.5 Å². The van der Waals surface area contributed by atoms with Crippen LogP contribution in [0.25, 0.3) is 6.08 Å². The lowest BCUT2D eigenvalue weighted by Crippen LogP contribution is -2.39. The van der Waals surface area contributed by atoms with Crippen molar-refractivity contribution in [2.75, 3.05) is 4.90 Å². The molecule has 37 heavy (non-hydrogen) atoms. The zero-order chi connectivity index (χ0) is 26.0. The molecule has 2 aromatic rings. The molecule has 1 aromatic heterocycles. The van der Waals surface area contributed by atoms with Gasteiger partial charge in [0.05, 0.1) is 23.4 Å². The van der Waals surface area contributed by atoms with Crippen molar-refractivity contribution in [3.8, 4) is 0 Å². The molecule has 0 radical (unpaired) electrons. The molecule has 1 saturated heterocycles. The fourth-order valence-electron chi connectivity index (χ4n) is 6.36. The van der Waals surface area contributed by atoms with E-state index in [2.05, 4.69) is 6.58 Å². The second-order valence-corrected chi connectivity index (χ2v) is 10.00. The standard InChI is InChI=1S/C30H25NO6/c1-3-16-4-6-17(7-5-16)31-29(35)20-10-9-19-21(25(20)30(31)36)13-22-26(23(33)12-15(2)28(22)34)27(19)24-11-8-18(14-32)37-24/h3-9,11-12,20-21,25,27,32H,1,10,13-14H2,2H3. The zero-order valence-corrected chi connectivity index (χ0v) is 20.3. The maximum Gasteiger partial charge on any atom is 0.238 e. The minimum Gasteiger partial charge on any atom is -0.463 e. The Morgan fingerprint density at radius 3 is 2.49 bits per heavy atom. The Balaban J connectivity index is 1.45. The Morgan fingerprint density at radius 1 is 1.05 bits per heavy atom. The van der Waals surface area contributed by atoms with Crippen molar-refractivity contribution in [1.82, 2.24) is 0 Å². The minimum absolute atomic E-state index is 0.213. The molecule has 3 aliphatic carbocycles. The lowest BCUT2D eigenvalue weighted by Gasteiger charge is -2.41. The number of carbonyl (C=O) groups is 4. The lowest BCUT2D eigenvalue weighted by molar-refractivity contribution is -0.123. The fraction of sp³-hybridized carbons (Fsp3) is 0.267. The first-order valence-electron chi connectivity index (χ1n) is 12.3. The normalized spacial score (nSPS) is 27.0. The first-order valence-corrected chi connectivity index (χ1v) is 12.3. The summed E-state index contributed by atoms with van der Waals surface area (Å²) in [4.78, 5) is 55.1. The molecule has 1 aromatic carbocycles. The summed E-state index contributed by atoms with van der Waals surface area (Å²) < 4.78 is 5.87. The van der Waals surface area contributed by atoms with Crippen LogP contribution < -0.4 is 4.90 Å². The number of aliphatic hydroxyl groups is 1. The van der Waals surface area contributed by atoms with E-state index in [0.717, 1.165) is 11.1 Å². The number of fused-ring (bicyclic) bond motifs is 3. The van der Waals surface area contributed by atoms with Gasteiger partial charge in [-0.05, 0) is 61.6 Å². The molecule has 7 nitrogen and oxygen atoms in total. The number of furan rings is 1. The Morgan fingerprint density at radius 2 is 1.81 bits per heavy atom. The molecule has 2 amide bonds. The summed E-state index contributed by atoms with van der Waals surface area (Å²) in [6.07, 6.45) is 5.56. The maximum atomic E-state index is 13.8. The van der Waals surface area contributed by atoms with Gasteiger partial charge in [0.15, 0.2) is 11.6 Å². The van der Waals surface area contributed by atoms with Crippen LogP contribution in [0.1, 0.15) is 42.8 Å². The number of aliphatic hydroxyl groups excluding tert-OH is 1. The summed E-state index contributed by atoms with van der Waals surface area (Å²) in [5, 5.41) is 9.56. The number of nitrogens with zero attached hydrogens (tertiary/aromatic N) is 1. The molecule has 0 spiro atoms. The molecule has 4 atom stereocenters. The van der Waals surface area contributed by atoms with E-state index >= 15 is 0 Å². The number of Topliss-reactive ketones (excluding diaryl/α,β-unsaturated/α-hetero) is 1. The Labute approximate surface area is 213 Å². The Kier molecular flexibility index (Phi) is 5.35. The number of hydrogen-bond acceptors (Lipinski definition) is 6. The molecule has 4 aliphatic rings. The van der Waals surface area contributed by atoms with Crippen molar-refractivity contribution < 1.29 is 28.7 Å². The van der Waals surface area contributed by atoms with Gasteiger partial charge in [-0.3, -0.25) is 24.1 Å². The van der Waals surface area contributed by atoms with E-state index in [1.165, 1.54) is 11.0 Å². The summed E-state index contributed by atoms with van der Waals surface area (Å²) in [7, 11) is 0. The number of benzene rings is 1. The number of allylic oxidation sites excluding steroid dienone is 6. The first-order chi connectivity index (χ1) is 17.8. The van der Waals surface area contributed by atoms with Gasteiger partial charge in [-0.1, -0.05) is 36.4 Å². The molecular weight excluding hydrogens is 470 g/mol. The maximum absolute atomic E-state index is 13.8. The van der Waals surface area contributed by atoms with E-state index in [1.54, 1.807) is 49.4 Å². The van der Waals surface area contributed by atoms with Crippen LogP contribution in [0.3, 0.4) is 0 Å². The highest BCUT2D eigenvalue weighted by atomic mass is 16.4. The van der Waals surface area contributed by atoms with E-state index in [1.807, 2.05) is 6.08 Å². The smallest absolute Gasteiger partial charge is 0.238 e. The van der Waals surface area contributed by atoms with Gasteiger partial charge in [-0.15, -0.1) is 0 Å². The number of imide groups is 1. The summed E-state index contributed by atoms with van der Waals surface area (Å²) in [5.41, 5.74) is 3.31. The lowest BCUT2D eigenvalue weighted by atomic mass is 9.60. The van der Waals surface area contributed by atoms with E-state index in [-0.39, 0.29) is 36.4 Å². The number of hydrogen-bond donors (Lipinski definition) is 1. The van der Waals surface area contributed by atoms with Gasteiger partial charge in [0, 0.05) is 16.7 Å². The SMILES string of the molecule is C=Cc1ccc(N2C(=O)C3CC=C4C(c5ccc(CO)o5)C5=C(CC4C3C2=O)C(=O)C(C)=CC5=O)cc1. The molecule has 7 heteroatoms. The third-order valence-electron chi connectivity index (χ3n) is 8.07. The van der Waals surface area contributed by atoms with Gasteiger partial charge < -0.3 is 9.52 Å². The average molecular weight is 496 g/mol. The molecule has 1 N–H and O–H groups in total. The van der Waals surface area contributed by atoms with E-state index < -0.39 is 23.7 Å². The first kappa shape index (κ1) is 23.3. The monoisotopic (exact) mass is 495 g/mol. The van der Waals surface area contributed by atoms with Crippen molar-refractivity contribution in [2.24, 2.45) is 17.8 Å². The van der Waals surface area contributed by atoms with Gasteiger partial charge in [-0.25, -0.2) is 0 Å². The number of amides is 2. The Hall–Kier alpha value is -4.10. The van der Waals surface area contributed by atoms with Gasteiger partial charge in [0.1, 0.15) is 18.1 Å². The van der Waals surface area contributed by atoms with E-state index in [9.17, 15) is 24.3 Å². The number of ketones is 2. The van der Waals surface area contributed by atoms with Crippen molar-refractivity contribution >= 4 is 35.1 Å². The summed E-state index contributed by atoms with van der Waals surface area (Å²) in [6, 6.07) is 10.4. The van der Waals surface area contributed by atoms with Crippen LogP contribution in [-0.4, -0.2) is 28.5 Å². The van der Waals surface area contributed by atoms with Crippen LogP contribution in [-0.2, 0) is 25.8 Å². The zero-order valence-electron chi connectivity index (χ0n) is 20.3. The third kappa shape index (κ3) is 3.38. The van der Waals surface area contributed by atoms with E-state index in [0.29, 0.717) is 40.3 Å². The second-order valence-electron chi connectivity index (χ2n) is 10.00. The van der Waals surface area contributed by atoms with Crippen LogP contribution in [0.5, 0.6) is 0 Å². The summed E-state index contributed by atoms with van der Waals surface area (Å²) >= 11 is 0. The van der Waals surface area contributed by atoms with Crippen molar-refractivity contribution in [3.63, 3.8) is 0 Å². The minimum atomic E-state index is -0.653. The van der Waals surface area contributed by atoms with Gasteiger partial charge in [0.25, 0.3) is 0 Å². The topological polar surface area (TPSA) is 105 Å². The number of rotatable bonds is 4. The number of carbonyl (C=O) groups excluding carboxylic acids is 4. The molecule has 186 valence electrons. The third-order valence-corrected chi connectivity index (χ3v) is 8.07. The molecule has 2 heterocycles. The van der Waals surface area contributed by atoms with Crippen LogP contribution in [0, 0.1) is 17.8 Å². The van der Waals surface area contributed by atoms with Gasteiger partial charge in [0.2, 0.25) is 11.8 Å². The fourth-order valence-corrected chi connectivity index (χ4v) is 6.36.